The first kappa shape index (κ1) is 26.9. The Hall–Kier alpha value is -3.11. The van der Waals surface area contributed by atoms with Gasteiger partial charge in [-0.2, -0.15) is 8.78 Å². The second kappa shape index (κ2) is 9.98. The van der Waals surface area contributed by atoms with Crippen LogP contribution in [0.1, 0.15) is 50.6 Å². The van der Waals surface area contributed by atoms with Gasteiger partial charge in [-0.25, -0.2) is 14.4 Å². The van der Waals surface area contributed by atoms with Crippen molar-refractivity contribution in [3.05, 3.63) is 53.1 Å². The number of nitrogens with zero attached hydrogens (tertiary/aromatic N) is 2. The van der Waals surface area contributed by atoms with Crippen molar-refractivity contribution in [1.82, 2.24) is 9.97 Å². The van der Waals surface area contributed by atoms with Gasteiger partial charge in [-0.05, 0) is 52.7 Å². The largest absolute Gasteiger partial charge is 0.493 e. The normalized spacial score (nSPS) is 15.1. The Morgan fingerprint density at radius 3 is 2.49 bits per heavy atom. The number of aromatic nitrogens is 2. The highest BCUT2D eigenvalue weighted by atomic mass is 19.3. The fraction of sp³-hybridized carbons (Fsp3) is 0.481. The van der Waals surface area contributed by atoms with Crippen LogP contribution in [-0.2, 0) is 17.2 Å². The van der Waals surface area contributed by atoms with Crippen LogP contribution < -0.4 is 14.8 Å². The van der Waals surface area contributed by atoms with Gasteiger partial charge in [0.05, 0.1) is 30.4 Å². The van der Waals surface area contributed by atoms with Crippen LogP contribution in [0, 0.1) is 12.7 Å². The lowest BCUT2D eigenvalue weighted by atomic mass is 9.92. The van der Waals surface area contributed by atoms with Crippen molar-refractivity contribution in [3.8, 4) is 11.5 Å². The molecule has 3 aromatic rings. The van der Waals surface area contributed by atoms with Crippen LogP contribution in [0.15, 0.2) is 30.3 Å². The van der Waals surface area contributed by atoms with Gasteiger partial charge in [-0.1, -0.05) is 12.1 Å². The smallest absolute Gasteiger partial charge is 0.303 e. The molecule has 0 unspecified atom stereocenters. The van der Waals surface area contributed by atoms with Crippen LogP contribution in [0.4, 0.5) is 19.0 Å². The van der Waals surface area contributed by atoms with E-state index < -0.39 is 22.9 Å². The lowest BCUT2D eigenvalue weighted by Crippen LogP contribution is -2.41. The zero-order valence-corrected chi connectivity index (χ0v) is 21.6. The predicted octanol–water partition coefficient (Wildman–Crippen LogP) is 5.51. The molecular formula is C27H32F3N3O4. The molecule has 37 heavy (non-hydrogen) atoms. The number of ether oxygens (including phenoxy) is 3. The third-order valence-electron chi connectivity index (χ3n) is 6.47. The molecule has 0 atom stereocenters. The zero-order valence-electron chi connectivity index (χ0n) is 21.6. The highest BCUT2D eigenvalue weighted by Crippen LogP contribution is 2.41. The third-order valence-corrected chi connectivity index (χ3v) is 6.47. The molecular weight excluding hydrogens is 487 g/mol. The predicted molar refractivity (Wildman–Crippen MR) is 134 cm³/mol. The fourth-order valence-electron chi connectivity index (χ4n) is 3.89. The fourth-order valence-corrected chi connectivity index (χ4v) is 3.89. The minimum Gasteiger partial charge on any atom is -0.493 e. The Labute approximate surface area is 214 Å². The summed E-state index contributed by atoms with van der Waals surface area (Å²) < 4.78 is 61.6. The molecule has 10 heteroatoms. The number of benzene rings is 2. The molecule has 1 heterocycles. The highest BCUT2D eigenvalue weighted by molar-refractivity contribution is 5.91. The maximum atomic E-state index is 15.1. The number of aliphatic hydroxyl groups is 1. The lowest BCUT2D eigenvalue weighted by Gasteiger charge is -2.30. The second-order valence-corrected chi connectivity index (χ2v) is 10.1. The van der Waals surface area contributed by atoms with E-state index in [1.54, 1.807) is 19.1 Å². The topological polar surface area (TPSA) is 85.7 Å². The molecule has 1 aromatic heterocycles. The quantitative estimate of drug-likeness (QED) is 0.323. The molecule has 0 spiro atoms. The molecule has 0 amide bonds. The summed E-state index contributed by atoms with van der Waals surface area (Å²) in [5.41, 5.74) is -2.78. The van der Waals surface area contributed by atoms with E-state index in [4.69, 9.17) is 14.2 Å². The van der Waals surface area contributed by atoms with Crippen LogP contribution in [0.2, 0.25) is 0 Å². The van der Waals surface area contributed by atoms with Gasteiger partial charge in [0.25, 0.3) is 0 Å². The summed E-state index contributed by atoms with van der Waals surface area (Å²) in [7, 11) is 1.53. The van der Waals surface area contributed by atoms with Gasteiger partial charge in [0.1, 0.15) is 29.7 Å². The molecule has 0 saturated heterocycles. The second-order valence-electron chi connectivity index (χ2n) is 10.1. The Morgan fingerprint density at radius 1 is 1.11 bits per heavy atom. The van der Waals surface area contributed by atoms with E-state index in [0.29, 0.717) is 47.3 Å². The maximum Gasteiger partial charge on any atom is 0.303 e. The Balaban J connectivity index is 1.59. The molecule has 2 aromatic carbocycles. The molecule has 7 nitrogen and oxygen atoms in total. The van der Waals surface area contributed by atoms with Gasteiger partial charge in [-0.15, -0.1) is 0 Å². The van der Waals surface area contributed by atoms with Gasteiger partial charge in [0.2, 0.25) is 0 Å². The summed E-state index contributed by atoms with van der Waals surface area (Å²) in [6.07, 6.45) is 2.08. The van der Waals surface area contributed by atoms with Gasteiger partial charge in [0.15, 0.2) is 11.5 Å². The Kier molecular flexibility index (Phi) is 7.27. The number of aryl methyl sites for hydroxylation is 1. The maximum absolute atomic E-state index is 15.1. The average molecular weight is 520 g/mol. The molecule has 0 radical (unpaired) electrons. The van der Waals surface area contributed by atoms with Crippen molar-refractivity contribution in [2.75, 3.05) is 25.6 Å². The SMILES string of the molecule is COc1cc2nc(C)nc(NCc3cccc(C(F)(F)C(C)(C)O)c3F)c2cc1OCCOC1(C)CC1. The zero-order chi connectivity index (χ0) is 27.0. The van der Waals surface area contributed by atoms with E-state index >= 15 is 4.39 Å². The monoisotopic (exact) mass is 519 g/mol. The first-order valence-corrected chi connectivity index (χ1v) is 12.1. The Morgan fingerprint density at radius 2 is 1.84 bits per heavy atom. The molecule has 0 aliphatic heterocycles. The van der Waals surface area contributed by atoms with Crippen molar-refractivity contribution in [1.29, 1.82) is 0 Å². The number of fused-ring (bicyclic) bond motifs is 1. The third kappa shape index (κ3) is 5.75. The summed E-state index contributed by atoms with van der Waals surface area (Å²) >= 11 is 0. The van der Waals surface area contributed by atoms with Crippen LogP contribution in [-0.4, -0.2) is 46.6 Å². The molecule has 2 N–H and O–H groups in total. The lowest BCUT2D eigenvalue weighted by molar-refractivity contribution is -0.170. The van der Waals surface area contributed by atoms with E-state index in [9.17, 15) is 13.9 Å². The standard InChI is InChI=1S/C27H32F3N3O4/c1-16-32-20-14-21(35-5)22(36-11-12-37-26(4)9-10-26)13-18(20)24(33-16)31-15-17-7-6-8-19(23(17)28)27(29,30)25(2,3)34/h6-8,13-14,34H,9-12,15H2,1-5H3,(H,31,32,33). The van der Waals surface area contributed by atoms with Crippen molar-refractivity contribution in [2.24, 2.45) is 0 Å². The summed E-state index contributed by atoms with van der Waals surface area (Å²) in [5, 5.41) is 13.5. The van der Waals surface area contributed by atoms with Crippen LogP contribution in [0.5, 0.6) is 11.5 Å². The number of hydrogen-bond donors (Lipinski definition) is 2. The molecule has 200 valence electrons. The van der Waals surface area contributed by atoms with Gasteiger partial charge in [-0.3, -0.25) is 0 Å². The first-order chi connectivity index (χ1) is 17.3. The van der Waals surface area contributed by atoms with Crippen LogP contribution in [0.3, 0.4) is 0 Å². The van der Waals surface area contributed by atoms with E-state index in [1.165, 1.54) is 19.2 Å². The minimum atomic E-state index is -3.78. The van der Waals surface area contributed by atoms with Crippen LogP contribution >= 0.6 is 0 Å². The first-order valence-electron chi connectivity index (χ1n) is 12.1. The molecule has 1 aliphatic carbocycles. The molecule has 0 bridgehead atoms. The van der Waals surface area contributed by atoms with E-state index in [2.05, 4.69) is 22.2 Å². The molecule has 4 rings (SSSR count). The van der Waals surface area contributed by atoms with E-state index in [0.717, 1.165) is 32.8 Å². The highest BCUT2D eigenvalue weighted by Gasteiger charge is 2.49. The van der Waals surface area contributed by atoms with Crippen molar-refractivity contribution >= 4 is 16.7 Å². The number of nitrogens with one attached hydrogen (secondary N) is 1. The van der Waals surface area contributed by atoms with Crippen molar-refractivity contribution in [3.63, 3.8) is 0 Å². The number of alkyl halides is 2. The van der Waals surface area contributed by atoms with Gasteiger partial charge in [0, 0.05) is 23.6 Å². The Bertz CT molecular complexity index is 1290. The van der Waals surface area contributed by atoms with Crippen LogP contribution in [0.25, 0.3) is 10.9 Å². The minimum absolute atomic E-state index is 0.00143. The molecule has 1 aliphatic rings. The summed E-state index contributed by atoms with van der Waals surface area (Å²) in [6.45, 7) is 6.28. The summed E-state index contributed by atoms with van der Waals surface area (Å²) in [5.74, 6) is -3.08. The summed E-state index contributed by atoms with van der Waals surface area (Å²) in [4.78, 5) is 8.89. The van der Waals surface area contributed by atoms with Crippen molar-refractivity contribution < 1.29 is 32.5 Å². The summed E-state index contributed by atoms with van der Waals surface area (Å²) in [6, 6.07) is 7.16. The molecule has 1 saturated carbocycles. The number of methoxy groups -OCH3 is 1. The van der Waals surface area contributed by atoms with Crippen molar-refractivity contribution in [2.45, 2.75) is 64.2 Å². The van der Waals surface area contributed by atoms with Gasteiger partial charge >= 0.3 is 5.92 Å². The molecule has 1 fully saturated rings. The number of rotatable bonds is 11. The average Bonchev–Trinajstić information content (AvgIpc) is 3.56. The number of anilines is 1. The van der Waals surface area contributed by atoms with Gasteiger partial charge < -0.3 is 24.6 Å². The number of halogens is 3. The number of hydrogen-bond acceptors (Lipinski definition) is 7. The van der Waals surface area contributed by atoms with E-state index in [1.807, 2.05) is 0 Å². The van der Waals surface area contributed by atoms with E-state index in [-0.39, 0.29) is 17.7 Å².